The lowest BCUT2D eigenvalue weighted by molar-refractivity contribution is -0.137. The summed E-state index contributed by atoms with van der Waals surface area (Å²) in [5.41, 5.74) is 0. The highest BCUT2D eigenvalue weighted by molar-refractivity contribution is 5.79. The van der Waals surface area contributed by atoms with Gasteiger partial charge >= 0.3 is 0 Å². The molecule has 3 aliphatic rings. The van der Waals surface area contributed by atoms with Gasteiger partial charge in [-0.3, -0.25) is 9.69 Å². The van der Waals surface area contributed by atoms with Gasteiger partial charge < -0.3 is 14.2 Å². The van der Waals surface area contributed by atoms with Gasteiger partial charge in [0, 0.05) is 45.8 Å². The summed E-state index contributed by atoms with van der Waals surface area (Å²) in [5, 5.41) is 8.81. The average molecular weight is 333 g/mol. The van der Waals surface area contributed by atoms with Gasteiger partial charge in [-0.1, -0.05) is 6.42 Å². The smallest absolute Gasteiger partial charge is 0.228 e. The molecule has 1 aromatic rings. The summed E-state index contributed by atoms with van der Waals surface area (Å²) < 4.78 is 7.67. The molecule has 7 nitrogen and oxygen atoms in total. The zero-order chi connectivity index (χ0) is 16.4. The molecule has 1 atom stereocenters. The molecule has 2 saturated heterocycles. The van der Waals surface area contributed by atoms with Gasteiger partial charge in [0.25, 0.3) is 0 Å². The van der Waals surface area contributed by atoms with Gasteiger partial charge in [0.2, 0.25) is 5.91 Å². The van der Waals surface area contributed by atoms with Crippen molar-refractivity contribution in [2.24, 2.45) is 5.92 Å². The van der Waals surface area contributed by atoms with Crippen molar-refractivity contribution >= 4 is 5.91 Å². The van der Waals surface area contributed by atoms with Crippen molar-refractivity contribution in [3.05, 3.63) is 11.6 Å². The Hall–Kier alpha value is -1.47. The predicted molar refractivity (Wildman–Crippen MR) is 88.4 cm³/mol. The Morgan fingerprint density at radius 1 is 1.08 bits per heavy atom. The highest BCUT2D eigenvalue weighted by Gasteiger charge is 2.30. The SMILES string of the molecule is O=C([C@@H]1CCOC1)N1CCN(Cc2nnc3n2CCCCC3)CC1. The zero-order valence-electron chi connectivity index (χ0n) is 14.3. The second-order valence-corrected chi connectivity index (χ2v) is 7.16. The van der Waals surface area contributed by atoms with E-state index in [-0.39, 0.29) is 11.8 Å². The second-order valence-electron chi connectivity index (χ2n) is 7.16. The average Bonchev–Trinajstić information content (AvgIpc) is 3.21. The van der Waals surface area contributed by atoms with Crippen LogP contribution in [0.4, 0.5) is 0 Å². The Bertz CT molecular complexity index is 574. The maximum Gasteiger partial charge on any atom is 0.228 e. The van der Waals surface area contributed by atoms with E-state index in [0.717, 1.165) is 70.4 Å². The van der Waals surface area contributed by atoms with Crippen molar-refractivity contribution < 1.29 is 9.53 Å². The minimum atomic E-state index is 0.0869. The molecule has 1 amide bonds. The molecular formula is C17H27N5O2. The molecule has 4 rings (SSSR count). The van der Waals surface area contributed by atoms with Gasteiger partial charge in [0.15, 0.2) is 0 Å². The number of fused-ring (bicyclic) bond motifs is 1. The predicted octanol–water partition coefficient (Wildman–Crippen LogP) is 0.685. The minimum Gasteiger partial charge on any atom is -0.381 e. The van der Waals surface area contributed by atoms with E-state index in [1.165, 1.54) is 19.3 Å². The lowest BCUT2D eigenvalue weighted by atomic mass is 10.1. The summed E-state index contributed by atoms with van der Waals surface area (Å²) in [7, 11) is 0. The summed E-state index contributed by atoms with van der Waals surface area (Å²) >= 11 is 0. The van der Waals surface area contributed by atoms with Crippen molar-refractivity contribution in [3.63, 3.8) is 0 Å². The number of carbonyl (C=O) groups excluding carboxylic acids is 1. The van der Waals surface area contributed by atoms with E-state index < -0.39 is 0 Å². The van der Waals surface area contributed by atoms with Crippen LogP contribution in [-0.2, 0) is 29.0 Å². The molecule has 0 radical (unpaired) electrons. The topological polar surface area (TPSA) is 63.5 Å². The third-order valence-electron chi connectivity index (χ3n) is 5.51. The molecule has 4 heterocycles. The number of amides is 1. The summed E-state index contributed by atoms with van der Waals surface area (Å²) in [6.45, 7) is 6.70. The van der Waals surface area contributed by atoms with Crippen LogP contribution in [0.5, 0.6) is 0 Å². The van der Waals surface area contributed by atoms with Crippen LogP contribution >= 0.6 is 0 Å². The van der Waals surface area contributed by atoms with E-state index in [1.807, 2.05) is 4.90 Å². The van der Waals surface area contributed by atoms with Gasteiger partial charge in [-0.05, 0) is 19.3 Å². The van der Waals surface area contributed by atoms with Crippen molar-refractivity contribution in [2.75, 3.05) is 39.4 Å². The third kappa shape index (κ3) is 3.32. The number of hydrogen-bond donors (Lipinski definition) is 0. The minimum absolute atomic E-state index is 0.0869. The van der Waals surface area contributed by atoms with Gasteiger partial charge in [-0.15, -0.1) is 10.2 Å². The molecule has 0 spiro atoms. The Kier molecular flexibility index (Phi) is 4.80. The van der Waals surface area contributed by atoms with Crippen molar-refractivity contribution in [2.45, 2.75) is 45.2 Å². The standard InChI is InChI=1S/C17H27N5O2/c23-17(14-5-11-24-13-14)21-9-7-20(8-10-21)12-16-19-18-15-4-2-1-3-6-22(15)16/h14H,1-13H2/t14-/m1/s1. The molecule has 0 bridgehead atoms. The molecule has 2 fully saturated rings. The van der Waals surface area contributed by atoms with Crippen LogP contribution in [0.1, 0.15) is 37.3 Å². The number of nitrogens with zero attached hydrogens (tertiary/aromatic N) is 5. The highest BCUT2D eigenvalue weighted by Crippen LogP contribution is 2.19. The maximum atomic E-state index is 12.5. The first-order valence-electron chi connectivity index (χ1n) is 9.31. The van der Waals surface area contributed by atoms with Crippen LogP contribution < -0.4 is 0 Å². The number of piperazine rings is 1. The molecule has 0 saturated carbocycles. The number of ether oxygens (including phenoxy) is 1. The van der Waals surface area contributed by atoms with Crippen molar-refractivity contribution in [1.82, 2.24) is 24.6 Å². The fourth-order valence-corrected chi connectivity index (χ4v) is 3.98. The largest absolute Gasteiger partial charge is 0.381 e. The van der Waals surface area contributed by atoms with E-state index in [9.17, 15) is 4.79 Å². The zero-order valence-corrected chi connectivity index (χ0v) is 14.3. The lowest BCUT2D eigenvalue weighted by Crippen LogP contribution is -2.50. The number of hydrogen-bond acceptors (Lipinski definition) is 5. The quantitative estimate of drug-likeness (QED) is 0.814. The Morgan fingerprint density at radius 3 is 2.75 bits per heavy atom. The monoisotopic (exact) mass is 333 g/mol. The van der Waals surface area contributed by atoms with Crippen molar-refractivity contribution in [3.8, 4) is 0 Å². The lowest BCUT2D eigenvalue weighted by Gasteiger charge is -2.35. The van der Waals surface area contributed by atoms with Gasteiger partial charge in [0.05, 0.1) is 19.1 Å². The number of aromatic nitrogens is 3. The Labute approximate surface area is 143 Å². The fourth-order valence-electron chi connectivity index (χ4n) is 3.98. The first-order valence-corrected chi connectivity index (χ1v) is 9.31. The third-order valence-corrected chi connectivity index (χ3v) is 5.51. The summed E-state index contributed by atoms with van der Waals surface area (Å²) in [6.07, 6.45) is 5.67. The van der Waals surface area contributed by atoms with Crippen LogP contribution in [0.25, 0.3) is 0 Å². The van der Waals surface area contributed by atoms with Gasteiger partial charge in [-0.25, -0.2) is 0 Å². The molecule has 1 aromatic heterocycles. The van der Waals surface area contributed by atoms with Crippen LogP contribution in [-0.4, -0.2) is 69.9 Å². The van der Waals surface area contributed by atoms with Gasteiger partial charge in [-0.2, -0.15) is 0 Å². The molecule has 24 heavy (non-hydrogen) atoms. The normalized spacial score (nSPS) is 25.5. The van der Waals surface area contributed by atoms with E-state index in [4.69, 9.17) is 4.74 Å². The van der Waals surface area contributed by atoms with Crippen LogP contribution in [0.3, 0.4) is 0 Å². The molecule has 0 aromatic carbocycles. The van der Waals surface area contributed by atoms with Crippen LogP contribution in [0.2, 0.25) is 0 Å². The number of carbonyl (C=O) groups is 1. The number of aryl methyl sites for hydroxylation is 1. The Balaban J connectivity index is 1.32. The van der Waals surface area contributed by atoms with E-state index >= 15 is 0 Å². The highest BCUT2D eigenvalue weighted by atomic mass is 16.5. The summed E-state index contributed by atoms with van der Waals surface area (Å²) in [4.78, 5) is 16.9. The molecule has 0 unspecified atom stereocenters. The Morgan fingerprint density at radius 2 is 1.96 bits per heavy atom. The molecule has 3 aliphatic heterocycles. The van der Waals surface area contributed by atoms with E-state index in [1.54, 1.807) is 0 Å². The van der Waals surface area contributed by atoms with E-state index in [2.05, 4.69) is 19.7 Å². The second kappa shape index (κ2) is 7.19. The molecule has 0 N–H and O–H groups in total. The fraction of sp³-hybridized carbons (Fsp3) is 0.824. The van der Waals surface area contributed by atoms with Crippen molar-refractivity contribution in [1.29, 1.82) is 0 Å². The van der Waals surface area contributed by atoms with Crippen LogP contribution in [0, 0.1) is 5.92 Å². The van der Waals surface area contributed by atoms with E-state index in [0.29, 0.717) is 6.61 Å². The number of rotatable bonds is 3. The summed E-state index contributed by atoms with van der Waals surface area (Å²) in [6, 6.07) is 0. The maximum absolute atomic E-state index is 12.5. The molecule has 0 aliphatic carbocycles. The summed E-state index contributed by atoms with van der Waals surface area (Å²) in [5.74, 6) is 2.61. The van der Waals surface area contributed by atoms with Crippen LogP contribution in [0.15, 0.2) is 0 Å². The first-order chi connectivity index (χ1) is 11.8. The molecule has 132 valence electrons. The van der Waals surface area contributed by atoms with Gasteiger partial charge in [0.1, 0.15) is 11.6 Å². The first kappa shape index (κ1) is 16.0. The molecule has 7 heteroatoms. The molecular weight excluding hydrogens is 306 g/mol.